The minimum absolute atomic E-state index is 0.780. The third kappa shape index (κ3) is 4.11. The van der Waals surface area contributed by atoms with Crippen molar-refractivity contribution in [2.75, 3.05) is 32.7 Å². The van der Waals surface area contributed by atoms with Crippen molar-refractivity contribution in [2.45, 2.75) is 19.4 Å². The van der Waals surface area contributed by atoms with E-state index in [1.54, 1.807) is 0 Å². The molecule has 0 atom stereocenters. The Kier molecular flexibility index (Phi) is 4.98. The molecule has 0 unspecified atom stereocenters. The van der Waals surface area contributed by atoms with E-state index in [9.17, 15) is 0 Å². The first-order chi connectivity index (χ1) is 8.38. The Labute approximate surface area is 104 Å². The minimum atomic E-state index is 0.780. The Balaban J connectivity index is 1.84. The highest BCUT2D eigenvalue weighted by Gasteiger charge is 2.09. The summed E-state index contributed by atoms with van der Waals surface area (Å²) in [4.78, 5) is 2.51. The molecule has 1 aromatic rings. The van der Waals surface area contributed by atoms with Crippen LogP contribution in [0.3, 0.4) is 0 Å². The van der Waals surface area contributed by atoms with Gasteiger partial charge in [-0.1, -0.05) is 24.3 Å². The third-order valence-electron chi connectivity index (χ3n) is 3.31. The highest BCUT2D eigenvalue weighted by atomic mass is 15.2. The van der Waals surface area contributed by atoms with E-state index in [-0.39, 0.29) is 0 Å². The van der Waals surface area contributed by atoms with E-state index in [1.807, 2.05) is 0 Å². The summed E-state index contributed by atoms with van der Waals surface area (Å²) in [5.41, 5.74) is 8.34. The number of aryl methyl sites for hydroxylation is 1. The maximum absolute atomic E-state index is 5.52. The van der Waals surface area contributed by atoms with Gasteiger partial charge >= 0.3 is 0 Å². The summed E-state index contributed by atoms with van der Waals surface area (Å²) in [6.07, 6.45) is 2.18. The minimum Gasteiger partial charge on any atom is -0.330 e. The molecule has 0 amide bonds. The fourth-order valence-corrected chi connectivity index (χ4v) is 2.24. The smallest absolute Gasteiger partial charge is 0.0234 e. The van der Waals surface area contributed by atoms with Crippen LogP contribution in [-0.2, 0) is 13.0 Å². The number of hydrogen-bond acceptors (Lipinski definition) is 3. The van der Waals surface area contributed by atoms with Gasteiger partial charge in [0.1, 0.15) is 0 Å². The molecule has 17 heavy (non-hydrogen) atoms. The molecule has 0 aliphatic carbocycles. The quantitative estimate of drug-likeness (QED) is 0.796. The van der Waals surface area contributed by atoms with Crippen molar-refractivity contribution in [3.05, 3.63) is 35.4 Å². The largest absolute Gasteiger partial charge is 0.330 e. The normalized spacial score (nSPS) is 17.2. The summed E-state index contributed by atoms with van der Waals surface area (Å²) in [5.74, 6) is 0. The molecule has 1 heterocycles. The molecule has 1 saturated heterocycles. The molecule has 0 bridgehead atoms. The molecule has 1 fully saturated rings. The fraction of sp³-hybridized carbons (Fsp3) is 0.571. The number of benzene rings is 1. The zero-order valence-corrected chi connectivity index (χ0v) is 10.5. The number of hydrogen-bond donors (Lipinski definition) is 2. The Morgan fingerprint density at radius 3 is 2.35 bits per heavy atom. The topological polar surface area (TPSA) is 41.3 Å². The second-order valence-corrected chi connectivity index (χ2v) is 4.73. The van der Waals surface area contributed by atoms with E-state index in [0.717, 1.165) is 52.1 Å². The summed E-state index contributed by atoms with van der Waals surface area (Å²) in [6.45, 7) is 6.42. The van der Waals surface area contributed by atoms with E-state index in [0.29, 0.717) is 0 Å². The summed E-state index contributed by atoms with van der Waals surface area (Å²) in [5, 5.41) is 3.38. The summed E-state index contributed by atoms with van der Waals surface area (Å²) in [6, 6.07) is 9.00. The highest BCUT2D eigenvalue weighted by Crippen LogP contribution is 2.09. The first-order valence-corrected chi connectivity index (χ1v) is 6.59. The number of nitrogens with two attached hydrogens (primary N) is 1. The maximum atomic E-state index is 5.52. The van der Waals surface area contributed by atoms with Crippen LogP contribution in [0.2, 0.25) is 0 Å². The molecule has 0 radical (unpaired) electrons. The molecule has 94 valence electrons. The van der Waals surface area contributed by atoms with Gasteiger partial charge in [0, 0.05) is 32.7 Å². The molecule has 1 aromatic carbocycles. The second kappa shape index (κ2) is 6.74. The van der Waals surface area contributed by atoms with Gasteiger partial charge in [-0.05, 0) is 30.5 Å². The Morgan fingerprint density at radius 1 is 1.06 bits per heavy atom. The van der Waals surface area contributed by atoms with Crippen LogP contribution < -0.4 is 11.1 Å². The SMILES string of the molecule is NCCCc1ccc(CN2CCNCC2)cc1. The van der Waals surface area contributed by atoms with Crippen LogP contribution in [-0.4, -0.2) is 37.6 Å². The zero-order chi connectivity index (χ0) is 11.9. The average molecular weight is 233 g/mol. The Morgan fingerprint density at radius 2 is 1.71 bits per heavy atom. The number of piperazine rings is 1. The van der Waals surface area contributed by atoms with E-state index in [1.165, 1.54) is 11.1 Å². The molecule has 3 heteroatoms. The van der Waals surface area contributed by atoms with E-state index in [4.69, 9.17) is 5.73 Å². The molecular formula is C14H23N3. The van der Waals surface area contributed by atoms with Crippen LogP contribution in [0.5, 0.6) is 0 Å². The van der Waals surface area contributed by atoms with Crippen LogP contribution in [0.4, 0.5) is 0 Å². The monoisotopic (exact) mass is 233 g/mol. The lowest BCUT2D eigenvalue weighted by Crippen LogP contribution is -2.42. The predicted octanol–water partition coefficient (Wildman–Crippen LogP) is 0.983. The summed E-state index contributed by atoms with van der Waals surface area (Å²) in [7, 11) is 0. The lowest BCUT2D eigenvalue weighted by atomic mass is 10.1. The molecule has 1 aliphatic rings. The molecule has 0 spiro atoms. The van der Waals surface area contributed by atoms with Crippen LogP contribution in [0, 0.1) is 0 Å². The van der Waals surface area contributed by atoms with Gasteiger partial charge in [0.15, 0.2) is 0 Å². The van der Waals surface area contributed by atoms with Gasteiger partial charge in [0.2, 0.25) is 0 Å². The van der Waals surface area contributed by atoms with Crippen molar-refractivity contribution >= 4 is 0 Å². The summed E-state index contributed by atoms with van der Waals surface area (Å²) < 4.78 is 0. The molecular weight excluding hydrogens is 210 g/mol. The van der Waals surface area contributed by atoms with E-state index >= 15 is 0 Å². The predicted molar refractivity (Wildman–Crippen MR) is 72.0 cm³/mol. The van der Waals surface area contributed by atoms with Gasteiger partial charge in [-0.15, -0.1) is 0 Å². The first kappa shape index (κ1) is 12.6. The Bertz CT molecular complexity index is 315. The number of nitrogens with one attached hydrogen (secondary N) is 1. The molecule has 2 rings (SSSR count). The van der Waals surface area contributed by atoms with Gasteiger partial charge < -0.3 is 11.1 Å². The van der Waals surface area contributed by atoms with E-state index in [2.05, 4.69) is 34.5 Å². The Hall–Kier alpha value is -0.900. The highest BCUT2D eigenvalue weighted by molar-refractivity contribution is 5.22. The molecule has 3 N–H and O–H groups in total. The fourth-order valence-electron chi connectivity index (χ4n) is 2.24. The number of nitrogens with zero attached hydrogens (tertiary/aromatic N) is 1. The van der Waals surface area contributed by atoms with Crippen molar-refractivity contribution < 1.29 is 0 Å². The van der Waals surface area contributed by atoms with Crippen molar-refractivity contribution in [3.8, 4) is 0 Å². The van der Waals surface area contributed by atoms with E-state index < -0.39 is 0 Å². The van der Waals surface area contributed by atoms with Gasteiger partial charge in [-0.3, -0.25) is 4.90 Å². The van der Waals surface area contributed by atoms with Gasteiger partial charge in [0.25, 0.3) is 0 Å². The molecule has 0 saturated carbocycles. The van der Waals surface area contributed by atoms with Crippen LogP contribution >= 0.6 is 0 Å². The summed E-state index contributed by atoms with van der Waals surface area (Å²) >= 11 is 0. The van der Waals surface area contributed by atoms with Crippen molar-refractivity contribution in [1.29, 1.82) is 0 Å². The lowest BCUT2D eigenvalue weighted by molar-refractivity contribution is 0.233. The molecule has 0 aromatic heterocycles. The molecule has 1 aliphatic heterocycles. The first-order valence-electron chi connectivity index (χ1n) is 6.59. The zero-order valence-electron chi connectivity index (χ0n) is 10.5. The number of rotatable bonds is 5. The lowest BCUT2D eigenvalue weighted by Gasteiger charge is -2.27. The van der Waals surface area contributed by atoms with Crippen molar-refractivity contribution in [3.63, 3.8) is 0 Å². The van der Waals surface area contributed by atoms with Crippen LogP contribution in [0.1, 0.15) is 17.5 Å². The third-order valence-corrected chi connectivity index (χ3v) is 3.31. The maximum Gasteiger partial charge on any atom is 0.0234 e. The molecule has 3 nitrogen and oxygen atoms in total. The van der Waals surface area contributed by atoms with Gasteiger partial charge in [-0.2, -0.15) is 0 Å². The van der Waals surface area contributed by atoms with Gasteiger partial charge in [0.05, 0.1) is 0 Å². The average Bonchev–Trinajstić information content (AvgIpc) is 2.39. The van der Waals surface area contributed by atoms with Crippen molar-refractivity contribution in [1.82, 2.24) is 10.2 Å². The second-order valence-electron chi connectivity index (χ2n) is 4.73. The van der Waals surface area contributed by atoms with Crippen LogP contribution in [0.25, 0.3) is 0 Å². The van der Waals surface area contributed by atoms with Crippen molar-refractivity contribution in [2.24, 2.45) is 5.73 Å². The van der Waals surface area contributed by atoms with Crippen LogP contribution in [0.15, 0.2) is 24.3 Å². The standard InChI is InChI=1S/C14H23N3/c15-7-1-2-13-3-5-14(6-4-13)12-17-10-8-16-9-11-17/h3-6,16H,1-2,7-12,15H2. The van der Waals surface area contributed by atoms with Gasteiger partial charge in [-0.25, -0.2) is 0 Å².